The van der Waals surface area contributed by atoms with Gasteiger partial charge in [0.15, 0.2) is 0 Å². The van der Waals surface area contributed by atoms with Gasteiger partial charge in [0.1, 0.15) is 6.10 Å². The van der Waals surface area contributed by atoms with E-state index in [1.165, 1.54) is 0 Å². The van der Waals surface area contributed by atoms with Gasteiger partial charge in [-0.25, -0.2) is 0 Å². The zero-order valence-electron chi connectivity index (χ0n) is 6.64. The second-order valence-corrected chi connectivity index (χ2v) is 2.81. The molecule has 1 aliphatic rings. The third kappa shape index (κ3) is 2.23. The second-order valence-electron chi connectivity index (χ2n) is 2.81. The zero-order chi connectivity index (χ0) is 8.97. The Morgan fingerprint density at radius 3 is 2.92 bits per heavy atom. The molecule has 2 N–H and O–H groups in total. The van der Waals surface area contributed by atoms with Crippen molar-refractivity contribution in [3.63, 3.8) is 0 Å². The summed E-state index contributed by atoms with van der Waals surface area (Å²) < 4.78 is 5.13. The van der Waals surface area contributed by atoms with Crippen molar-refractivity contribution in [1.29, 1.82) is 0 Å². The Labute approximate surface area is 70.1 Å². The van der Waals surface area contributed by atoms with Crippen molar-refractivity contribution in [2.24, 2.45) is 5.73 Å². The topological polar surface area (TPSA) is 88.7 Å². The molecule has 1 heterocycles. The predicted molar refractivity (Wildman–Crippen MR) is 41.6 cm³/mol. The number of nitrogens with two attached hydrogens (primary N) is 1. The molecule has 0 unspecified atom stereocenters. The van der Waals surface area contributed by atoms with Crippen LogP contribution in [0.4, 0.5) is 0 Å². The molecule has 5 heteroatoms. The van der Waals surface area contributed by atoms with Crippen molar-refractivity contribution in [1.82, 2.24) is 0 Å². The quantitative estimate of drug-likeness (QED) is 0.339. The van der Waals surface area contributed by atoms with Gasteiger partial charge < -0.3 is 16.0 Å². The van der Waals surface area contributed by atoms with E-state index in [-0.39, 0.29) is 11.8 Å². The molecule has 0 spiro atoms. The standard InChI is InChI=1S/C7H11N3O2/c8-5-1-2-7(12-4-5)6(11)3-10-9/h3,5,7H,1-2,4,8H2/t5-,7+/m1/s1. The zero-order valence-corrected chi connectivity index (χ0v) is 6.64. The number of ketones is 1. The van der Waals surface area contributed by atoms with Gasteiger partial charge in [0.25, 0.3) is 5.78 Å². The van der Waals surface area contributed by atoms with Crippen LogP contribution < -0.4 is 5.73 Å². The molecule has 0 radical (unpaired) electrons. The van der Waals surface area contributed by atoms with Crippen molar-refractivity contribution in [2.75, 3.05) is 6.61 Å². The smallest absolute Gasteiger partial charge is 0.325 e. The number of rotatable bonds is 2. The van der Waals surface area contributed by atoms with Crippen LogP contribution in [-0.4, -0.2) is 35.5 Å². The summed E-state index contributed by atoms with van der Waals surface area (Å²) in [6.45, 7) is 0.398. The normalized spacial score (nSPS) is 29.1. The molecule has 66 valence electrons. The Hall–Kier alpha value is -1.03. The molecule has 12 heavy (non-hydrogen) atoms. The van der Waals surface area contributed by atoms with E-state index in [9.17, 15) is 4.79 Å². The SMILES string of the molecule is [N-]=[N+]=CC(=O)[C@@H]1CC[C@@H](N)CO1. The van der Waals surface area contributed by atoms with E-state index in [1.807, 2.05) is 0 Å². The first-order chi connectivity index (χ1) is 5.74. The molecule has 0 saturated carbocycles. The monoisotopic (exact) mass is 169 g/mol. The highest BCUT2D eigenvalue weighted by Gasteiger charge is 2.26. The summed E-state index contributed by atoms with van der Waals surface area (Å²) in [6, 6.07) is 0.0279. The Kier molecular flexibility index (Phi) is 3.10. The van der Waals surface area contributed by atoms with Gasteiger partial charge in [-0.2, -0.15) is 4.79 Å². The molecule has 2 atom stereocenters. The highest BCUT2D eigenvalue weighted by atomic mass is 16.5. The Bertz CT molecular complexity index is 215. The lowest BCUT2D eigenvalue weighted by atomic mass is 10.0. The molecule has 0 aromatic carbocycles. The average Bonchev–Trinajstić information content (AvgIpc) is 2.06. The van der Waals surface area contributed by atoms with Gasteiger partial charge in [0, 0.05) is 6.04 Å². The molecule has 0 amide bonds. The van der Waals surface area contributed by atoms with E-state index in [0.717, 1.165) is 12.6 Å². The Morgan fingerprint density at radius 2 is 2.42 bits per heavy atom. The first-order valence-electron chi connectivity index (χ1n) is 3.82. The van der Waals surface area contributed by atoms with Crippen LogP contribution in [0.1, 0.15) is 12.8 Å². The van der Waals surface area contributed by atoms with E-state index in [0.29, 0.717) is 13.0 Å². The minimum Gasteiger partial charge on any atom is -0.368 e. The fourth-order valence-electron chi connectivity index (χ4n) is 1.14. The number of hydrogen-bond acceptors (Lipinski definition) is 3. The largest absolute Gasteiger partial charge is 0.368 e. The predicted octanol–water partition coefficient (Wildman–Crippen LogP) is -0.638. The van der Waals surface area contributed by atoms with Crippen molar-refractivity contribution < 1.29 is 14.3 Å². The van der Waals surface area contributed by atoms with Crippen molar-refractivity contribution in [3.8, 4) is 0 Å². The molecule has 0 aliphatic carbocycles. The molecule has 0 bridgehead atoms. The molecule has 1 saturated heterocycles. The number of carbonyl (C=O) groups excluding carboxylic acids is 1. The second kappa shape index (κ2) is 4.11. The fourth-order valence-corrected chi connectivity index (χ4v) is 1.14. The first-order valence-corrected chi connectivity index (χ1v) is 3.82. The molecule has 1 aliphatic heterocycles. The molecule has 5 nitrogen and oxygen atoms in total. The van der Waals surface area contributed by atoms with Crippen LogP contribution in [0.3, 0.4) is 0 Å². The van der Waals surface area contributed by atoms with E-state index in [4.69, 9.17) is 16.0 Å². The van der Waals surface area contributed by atoms with Crippen LogP contribution in [-0.2, 0) is 9.53 Å². The van der Waals surface area contributed by atoms with Crippen molar-refractivity contribution in [3.05, 3.63) is 5.53 Å². The summed E-state index contributed by atoms with van der Waals surface area (Å²) in [4.78, 5) is 13.7. The minimum atomic E-state index is -0.472. The summed E-state index contributed by atoms with van der Waals surface area (Å²) in [7, 11) is 0. The lowest BCUT2D eigenvalue weighted by Gasteiger charge is -2.23. The van der Waals surface area contributed by atoms with Crippen LogP contribution in [0, 0.1) is 0 Å². The van der Waals surface area contributed by atoms with Gasteiger partial charge in [0.05, 0.1) is 6.61 Å². The van der Waals surface area contributed by atoms with Gasteiger partial charge in [-0.05, 0) is 12.8 Å². The first kappa shape index (κ1) is 9.06. The van der Waals surface area contributed by atoms with E-state index < -0.39 is 6.10 Å². The number of carbonyl (C=O) groups is 1. The molecule has 0 aromatic heterocycles. The number of Topliss-reactive ketones (excluding diaryl/α,β-unsaturated/α-hetero) is 1. The third-order valence-corrected chi connectivity index (χ3v) is 1.81. The molecule has 1 fully saturated rings. The van der Waals surface area contributed by atoms with Crippen molar-refractivity contribution in [2.45, 2.75) is 25.0 Å². The third-order valence-electron chi connectivity index (χ3n) is 1.81. The van der Waals surface area contributed by atoms with E-state index in [1.54, 1.807) is 0 Å². The summed E-state index contributed by atoms with van der Waals surface area (Å²) in [6.07, 6.45) is 1.77. The van der Waals surface area contributed by atoms with Crippen LogP contribution >= 0.6 is 0 Å². The molecular weight excluding hydrogens is 158 g/mol. The van der Waals surface area contributed by atoms with Gasteiger partial charge in [0.2, 0.25) is 0 Å². The van der Waals surface area contributed by atoms with Gasteiger partial charge >= 0.3 is 6.21 Å². The lowest BCUT2D eigenvalue weighted by Crippen LogP contribution is -2.39. The van der Waals surface area contributed by atoms with E-state index in [2.05, 4.69) is 4.79 Å². The van der Waals surface area contributed by atoms with Crippen LogP contribution in [0.15, 0.2) is 0 Å². The highest BCUT2D eigenvalue weighted by molar-refractivity contribution is 6.27. The van der Waals surface area contributed by atoms with Gasteiger partial charge in [-0.3, -0.25) is 4.79 Å². The summed E-state index contributed by atoms with van der Waals surface area (Å²) >= 11 is 0. The molecular formula is C7H11N3O2. The Balaban J connectivity index is 2.44. The summed E-state index contributed by atoms with van der Waals surface area (Å²) in [5.41, 5.74) is 13.6. The van der Waals surface area contributed by atoms with Gasteiger partial charge in [-0.1, -0.05) is 0 Å². The average molecular weight is 169 g/mol. The van der Waals surface area contributed by atoms with Crippen molar-refractivity contribution >= 4 is 12.0 Å². The Morgan fingerprint density at radius 1 is 1.67 bits per heavy atom. The number of ether oxygens (including phenoxy) is 1. The lowest BCUT2D eigenvalue weighted by molar-refractivity contribution is -0.129. The maximum atomic E-state index is 11.0. The maximum absolute atomic E-state index is 11.0. The number of nitrogens with zero attached hydrogens (tertiary/aromatic N) is 2. The molecule has 1 rings (SSSR count). The van der Waals surface area contributed by atoms with Crippen LogP contribution in [0.25, 0.3) is 5.53 Å². The van der Waals surface area contributed by atoms with E-state index >= 15 is 0 Å². The summed E-state index contributed by atoms with van der Waals surface area (Å²) in [5, 5.41) is 0. The van der Waals surface area contributed by atoms with Gasteiger partial charge in [-0.15, -0.1) is 0 Å². The van der Waals surface area contributed by atoms with Crippen LogP contribution in [0.2, 0.25) is 0 Å². The minimum absolute atomic E-state index is 0.0279. The summed E-state index contributed by atoms with van der Waals surface area (Å²) in [5.74, 6) is -0.301. The number of hydrogen-bond donors (Lipinski definition) is 1. The maximum Gasteiger partial charge on any atom is 0.325 e. The van der Waals surface area contributed by atoms with Crippen LogP contribution in [0.5, 0.6) is 0 Å². The fraction of sp³-hybridized carbons (Fsp3) is 0.714. The highest BCUT2D eigenvalue weighted by Crippen LogP contribution is 2.11. The molecule has 0 aromatic rings.